The first-order valence-corrected chi connectivity index (χ1v) is 11.9. The highest BCUT2D eigenvalue weighted by molar-refractivity contribution is 5.91. The molecule has 0 fully saturated rings. The Bertz CT molecular complexity index is 929. The van der Waals surface area contributed by atoms with Crippen molar-refractivity contribution in [1.29, 1.82) is 0 Å². The normalized spacial score (nSPS) is 15.3. The summed E-state index contributed by atoms with van der Waals surface area (Å²) in [4.78, 5) is 40.1. The van der Waals surface area contributed by atoms with Crippen LogP contribution in [0.25, 0.3) is 0 Å². The average Bonchev–Trinajstić information content (AvgIpc) is 2.74. The molecule has 2 unspecified atom stereocenters. The van der Waals surface area contributed by atoms with Gasteiger partial charge in [-0.25, -0.2) is 4.79 Å². The second-order valence-electron chi connectivity index (χ2n) is 11.1. The molecule has 0 aliphatic rings. The van der Waals surface area contributed by atoms with Crippen LogP contribution in [0.1, 0.15) is 61.0 Å². The summed E-state index contributed by atoms with van der Waals surface area (Å²) in [7, 11) is 3.33. The summed E-state index contributed by atoms with van der Waals surface area (Å²) in [5.41, 5.74) is -0.235. The first kappa shape index (κ1) is 30.2. The predicted molar refractivity (Wildman–Crippen MR) is 138 cm³/mol. The van der Waals surface area contributed by atoms with Gasteiger partial charge in [0.2, 0.25) is 11.8 Å². The number of carboxylic acid groups (broad SMARTS) is 1. The van der Waals surface area contributed by atoms with Gasteiger partial charge in [0.25, 0.3) is 0 Å². The molecule has 0 bridgehead atoms. The number of hydrogen-bond donors (Lipinski definition) is 4. The number of amides is 2. The number of rotatable bonds is 10. The summed E-state index contributed by atoms with van der Waals surface area (Å²) >= 11 is 0. The van der Waals surface area contributed by atoms with Gasteiger partial charge in [0, 0.05) is 18.0 Å². The molecule has 0 saturated carbocycles. The predicted octanol–water partition coefficient (Wildman–Crippen LogP) is 3.30. The molecule has 2 amide bonds. The van der Waals surface area contributed by atoms with Crippen molar-refractivity contribution in [2.24, 2.45) is 11.3 Å². The van der Waals surface area contributed by atoms with Crippen molar-refractivity contribution in [3.05, 3.63) is 41.5 Å². The molecule has 8 heteroatoms. The SMILES string of the molecule is CNC(C(=O)NC(C(=O)N(C)[C@H](/C=C(\C)C(=O)O)C(C)C)C(C)(C)C)C(C)(C)c1ccc(O)cc1. The molecule has 0 aromatic heterocycles. The Morgan fingerprint density at radius 1 is 1.00 bits per heavy atom. The van der Waals surface area contributed by atoms with E-state index in [0.717, 1.165) is 5.56 Å². The Morgan fingerprint density at radius 2 is 1.51 bits per heavy atom. The number of nitrogens with zero attached hydrogens (tertiary/aromatic N) is 1. The zero-order chi connectivity index (χ0) is 27.3. The van der Waals surface area contributed by atoms with Gasteiger partial charge in [-0.05, 0) is 43.0 Å². The lowest BCUT2D eigenvalue weighted by Gasteiger charge is -2.40. The Hall–Kier alpha value is -2.87. The summed E-state index contributed by atoms with van der Waals surface area (Å²) in [5, 5.41) is 25.0. The van der Waals surface area contributed by atoms with E-state index >= 15 is 0 Å². The van der Waals surface area contributed by atoms with Gasteiger partial charge in [-0.3, -0.25) is 9.59 Å². The van der Waals surface area contributed by atoms with E-state index in [4.69, 9.17) is 0 Å². The first-order valence-electron chi connectivity index (χ1n) is 11.9. The van der Waals surface area contributed by atoms with Gasteiger partial charge in [0.15, 0.2) is 0 Å². The van der Waals surface area contributed by atoms with Crippen molar-refractivity contribution in [2.45, 2.75) is 78.9 Å². The number of carboxylic acids is 1. The Kier molecular flexibility index (Phi) is 10.1. The topological polar surface area (TPSA) is 119 Å². The zero-order valence-electron chi connectivity index (χ0n) is 22.8. The monoisotopic (exact) mass is 489 g/mol. The van der Waals surface area contributed by atoms with Crippen LogP contribution in [0.15, 0.2) is 35.9 Å². The van der Waals surface area contributed by atoms with Crippen LogP contribution >= 0.6 is 0 Å². The molecule has 0 aliphatic heterocycles. The number of aliphatic carboxylic acids is 1. The molecule has 0 radical (unpaired) electrons. The van der Waals surface area contributed by atoms with E-state index in [2.05, 4.69) is 10.6 Å². The highest BCUT2D eigenvalue weighted by Crippen LogP contribution is 2.30. The third kappa shape index (κ3) is 7.56. The maximum Gasteiger partial charge on any atom is 0.331 e. The van der Waals surface area contributed by atoms with Crippen LogP contribution in [-0.4, -0.2) is 65.1 Å². The fourth-order valence-corrected chi connectivity index (χ4v) is 4.18. The zero-order valence-corrected chi connectivity index (χ0v) is 22.8. The van der Waals surface area contributed by atoms with Crippen LogP contribution in [0.3, 0.4) is 0 Å². The molecule has 3 atom stereocenters. The number of aromatic hydroxyl groups is 1. The van der Waals surface area contributed by atoms with Gasteiger partial charge >= 0.3 is 5.97 Å². The first-order chi connectivity index (χ1) is 15.9. The Balaban J connectivity index is 3.30. The molecule has 0 aliphatic carbocycles. The lowest BCUT2D eigenvalue weighted by Crippen LogP contribution is -2.61. The van der Waals surface area contributed by atoms with E-state index in [1.807, 2.05) is 48.5 Å². The smallest absolute Gasteiger partial charge is 0.331 e. The van der Waals surface area contributed by atoms with E-state index < -0.39 is 34.9 Å². The largest absolute Gasteiger partial charge is 0.508 e. The highest BCUT2D eigenvalue weighted by atomic mass is 16.4. The van der Waals surface area contributed by atoms with E-state index in [0.29, 0.717) is 0 Å². The van der Waals surface area contributed by atoms with Crippen molar-refractivity contribution in [3.63, 3.8) is 0 Å². The van der Waals surface area contributed by atoms with Gasteiger partial charge in [-0.15, -0.1) is 0 Å². The minimum absolute atomic E-state index is 0.0342. The van der Waals surface area contributed by atoms with Crippen LogP contribution in [-0.2, 0) is 19.8 Å². The van der Waals surface area contributed by atoms with Gasteiger partial charge in [0.1, 0.15) is 11.8 Å². The Morgan fingerprint density at radius 3 is 1.91 bits per heavy atom. The highest BCUT2D eigenvalue weighted by Gasteiger charge is 2.41. The molecule has 1 aromatic carbocycles. The lowest BCUT2D eigenvalue weighted by atomic mass is 9.76. The number of likely N-dealkylation sites (N-methyl/N-ethyl adjacent to an activating group) is 2. The molecular formula is C27H43N3O5. The number of phenols is 1. The van der Waals surface area contributed by atoms with E-state index in [1.54, 1.807) is 44.4 Å². The number of phenolic OH excluding ortho intramolecular Hbond substituents is 1. The molecule has 35 heavy (non-hydrogen) atoms. The van der Waals surface area contributed by atoms with Crippen molar-refractivity contribution >= 4 is 17.8 Å². The molecule has 4 N–H and O–H groups in total. The fraction of sp³-hybridized carbons (Fsp3) is 0.593. The van der Waals surface area contributed by atoms with Crippen molar-refractivity contribution in [1.82, 2.24) is 15.5 Å². The molecule has 1 rings (SSSR count). The van der Waals surface area contributed by atoms with E-state index in [9.17, 15) is 24.6 Å². The van der Waals surface area contributed by atoms with Gasteiger partial charge < -0.3 is 25.7 Å². The second kappa shape index (κ2) is 11.7. The number of benzene rings is 1. The molecule has 196 valence electrons. The summed E-state index contributed by atoms with van der Waals surface area (Å²) in [6.45, 7) is 14.8. The summed E-state index contributed by atoms with van der Waals surface area (Å²) in [5.74, 6) is -1.55. The Labute approximate surface area is 209 Å². The third-order valence-electron chi connectivity index (χ3n) is 6.52. The minimum Gasteiger partial charge on any atom is -0.508 e. The maximum absolute atomic E-state index is 13.7. The standard InChI is InChI=1S/C27H43N3O5/c1-16(2)20(15-17(3)25(34)35)30(10)24(33)22(26(4,5)6)29-23(32)21(28-9)27(7,8)18-11-13-19(31)14-12-18/h11-16,20-22,28,31H,1-10H3,(H,29,32)(H,34,35)/b17-15+/t20-,21?,22?/m1/s1. The average molecular weight is 490 g/mol. The number of carbonyl (C=O) groups excluding carboxylic acids is 2. The van der Waals surface area contributed by atoms with Crippen LogP contribution in [0.5, 0.6) is 5.75 Å². The van der Waals surface area contributed by atoms with Gasteiger partial charge in [0.05, 0.1) is 12.1 Å². The van der Waals surface area contributed by atoms with Gasteiger partial charge in [-0.2, -0.15) is 0 Å². The van der Waals surface area contributed by atoms with Crippen molar-refractivity contribution in [3.8, 4) is 5.75 Å². The molecule has 1 aromatic rings. The molecule has 0 spiro atoms. The van der Waals surface area contributed by atoms with Crippen molar-refractivity contribution < 1.29 is 24.6 Å². The van der Waals surface area contributed by atoms with Crippen molar-refractivity contribution in [2.75, 3.05) is 14.1 Å². The fourth-order valence-electron chi connectivity index (χ4n) is 4.18. The number of carbonyl (C=O) groups is 3. The molecule has 0 saturated heterocycles. The third-order valence-corrected chi connectivity index (χ3v) is 6.52. The molecule has 0 heterocycles. The van der Waals surface area contributed by atoms with Crippen LogP contribution in [0, 0.1) is 11.3 Å². The van der Waals surface area contributed by atoms with Gasteiger partial charge in [-0.1, -0.05) is 66.7 Å². The summed E-state index contributed by atoms with van der Waals surface area (Å²) in [6.07, 6.45) is 1.58. The quantitative estimate of drug-likeness (QED) is 0.375. The van der Waals surface area contributed by atoms with E-state index in [1.165, 1.54) is 11.8 Å². The molecule has 8 nitrogen and oxygen atoms in total. The van der Waals surface area contributed by atoms with E-state index in [-0.39, 0.29) is 29.1 Å². The number of nitrogens with one attached hydrogen (secondary N) is 2. The lowest BCUT2D eigenvalue weighted by molar-refractivity contribution is -0.141. The van der Waals surface area contributed by atoms with Crippen LogP contribution in [0.4, 0.5) is 0 Å². The summed E-state index contributed by atoms with van der Waals surface area (Å²) in [6, 6.07) is 4.76. The summed E-state index contributed by atoms with van der Waals surface area (Å²) < 4.78 is 0. The van der Waals surface area contributed by atoms with Crippen LogP contribution in [0.2, 0.25) is 0 Å². The minimum atomic E-state index is -1.04. The molecular weight excluding hydrogens is 446 g/mol. The number of hydrogen-bond acceptors (Lipinski definition) is 5. The maximum atomic E-state index is 13.7. The second-order valence-corrected chi connectivity index (χ2v) is 11.1. The van der Waals surface area contributed by atoms with Crippen LogP contribution < -0.4 is 10.6 Å².